The van der Waals surface area contributed by atoms with Gasteiger partial charge in [-0.1, -0.05) is 41.4 Å². The summed E-state index contributed by atoms with van der Waals surface area (Å²) in [6.07, 6.45) is 3.07. The van der Waals surface area contributed by atoms with Crippen LogP contribution in [0.1, 0.15) is 38.1 Å². The van der Waals surface area contributed by atoms with Crippen LogP contribution in [0.5, 0.6) is 5.75 Å². The molecule has 156 valence electrons. The smallest absolute Gasteiger partial charge is 0.344 e. The summed E-state index contributed by atoms with van der Waals surface area (Å²) in [6.45, 7) is 3.54. The van der Waals surface area contributed by atoms with Gasteiger partial charge in [0.15, 0.2) is 6.10 Å². The molecule has 30 heavy (non-hydrogen) atoms. The van der Waals surface area contributed by atoms with Crippen LogP contribution in [0.25, 0.3) is 10.9 Å². The average molecular weight is 472 g/mol. The summed E-state index contributed by atoms with van der Waals surface area (Å²) in [5.74, 6) is -0.0395. The number of carboxylic acids is 1. The summed E-state index contributed by atoms with van der Waals surface area (Å²) in [5, 5.41) is 13.9. The highest BCUT2D eigenvalue weighted by atomic mass is 79.9. The summed E-state index contributed by atoms with van der Waals surface area (Å²) in [5.41, 5.74) is 1.07. The van der Waals surface area contributed by atoms with E-state index in [0.717, 1.165) is 17.3 Å². The Hall–Kier alpha value is -3.00. The Bertz CT molecular complexity index is 1160. The molecule has 3 rings (SSSR count). The quantitative estimate of drug-likeness (QED) is 0.495. The van der Waals surface area contributed by atoms with E-state index in [1.54, 1.807) is 36.5 Å². The number of carboxylic acid groups (broad SMARTS) is 1. The molecule has 7 nitrogen and oxygen atoms in total. The van der Waals surface area contributed by atoms with Crippen LogP contribution in [0.15, 0.2) is 56.8 Å². The third kappa shape index (κ3) is 5.13. The summed E-state index contributed by atoms with van der Waals surface area (Å²) in [4.78, 5) is 28.7. The van der Waals surface area contributed by atoms with Crippen molar-refractivity contribution in [3.63, 3.8) is 0 Å². The number of rotatable bonds is 8. The predicted octanol–water partition coefficient (Wildman–Crippen LogP) is 4.24. The zero-order chi connectivity index (χ0) is 21.7. The van der Waals surface area contributed by atoms with E-state index in [9.17, 15) is 9.59 Å². The lowest BCUT2D eigenvalue weighted by Gasteiger charge is -2.11. The molecule has 0 amide bonds. The Morgan fingerprint density at radius 1 is 1.33 bits per heavy atom. The molecule has 1 heterocycles. The third-order valence-corrected chi connectivity index (χ3v) is 4.96. The highest BCUT2D eigenvalue weighted by molar-refractivity contribution is 9.10. The van der Waals surface area contributed by atoms with E-state index >= 15 is 0 Å². The van der Waals surface area contributed by atoms with Crippen molar-refractivity contribution in [1.82, 2.24) is 9.66 Å². The molecule has 1 aromatic heterocycles. The van der Waals surface area contributed by atoms with Crippen molar-refractivity contribution >= 4 is 39.0 Å². The fourth-order valence-corrected chi connectivity index (χ4v) is 3.22. The highest BCUT2D eigenvalue weighted by Crippen LogP contribution is 2.17. The van der Waals surface area contributed by atoms with E-state index < -0.39 is 12.1 Å². The zero-order valence-electron chi connectivity index (χ0n) is 16.7. The number of benzene rings is 2. The molecule has 0 unspecified atom stereocenters. The number of aryl methyl sites for hydroxylation is 1. The van der Waals surface area contributed by atoms with E-state index in [-0.39, 0.29) is 5.56 Å². The maximum absolute atomic E-state index is 13.1. The molecule has 3 aromatic rings. The molecule has 2 aromatic carbocycles. The fraction of sp³-hybridized carbons (Fsp3) is 0.273. The normalized spacial score (nSPS) is 12.4. The van der Waals surface area contributed by atoms with Gasteiger partial charge < -0.3 is 9.84 Å². The van der Waals surface area contributed by atoms with Gasteiger partial charge in [0.1, 0.15) is 11.6 Å². The molecular formula is C22H22BrN3O4. The van der Waals surface area contributed by atoms with Crippen molar-refractivity contribution in [2.24, 2.45) is 5.10 Å². The molecule has 0 saturated heterocycles. The first kappa shape index (κ1) is 21.7. The summed E-state index contributed by atoms with van der Waals surface area (Å²) < 4.78 is 7.52. The number of aromatic nitrogens is 2. The lowest BCUT2D eigenvalue weighted by atomic mass is 10.2. The van der Waals surface area contributed by atoms with Gasteiger partial charge in [-0.3, -0.25) is 4.79 Å². The Morgan fingerprint density at radius 3 is 2.87 bits per heavy atom. The van der Waals surface area contributed by atoms with Crippen LogP contribution < -0.4 is 10.3 Å². The molecule has 0 saturated carbocycles. The molecule has 1 atom stereocenters. The van der Waals surface area contributed by atoms with E-state index in [4.69, 9.17) is 9.84 Å². The maximum atomic E-state index is 13.1. The largest absolute Gasteiger partial charge is 0.479 e. The van der Waals surface area contributed by atoms with Crippen LogP contribution in [0, 0.1) is 0 Å². The van der Waals surface area contributed by atoms with Gasteiger partial charge in [0.2, 0.25) is 0 Å². The Balaban J connectivity index is 1.99. The second kappa shape index (κ2) is 9.67. The molecule has 0 bridgehead atoms. The summed E-state index contributed by atoms with van der Waals surface area (Å²) in [6, 6.07) is 12.3. The number of carbonyl (C=O) groups is 1. The first-order chi connectivity index (χ1) is 14.4. The van der Waals surface area contributed by atoms with Crippen molar-refractivity contribution < 1.29 is 14.6 Å². The fourth-order valence-electron chi connectivity index (χ4n) is 2.86. The van der Waals surface area contributed by atoms with Crippen LogP contribution in [0.2, 0.25) is 0 Å². The average Bonchev–Trinajstić information content (AvgIpc) is 2.72. The van der Waals surface area contributed by atoms with Crippen molar-refractivity contribution in [2.45, 2.75) is 39.2 Å². The molecule has 0 spiro atoms. The molecule has 0 fully saturated rings. The van der Waals surface area contributed by atoms with Gasteiger partial charge in [-0.05, 0) is 49.2 Å². The number of ether oxygens (including phenoxy) is 1. The van der Waals surface area contributed by atoms with E-state index in [2.05, 4.69) is 32.9 Å². The number of aliphatic carboxylic acids is 1. The summed E-state index contributed by atoms with van der Waals surface area (Å²) in [7, 11) is 0. The Kier molecular flexibility index (Phi) is 6.99. The first-order valence-electron chi connectivity index (χ1n) is 9.64. The standard InChI is InChI=1S/C22H22BrN3O4/c1-3-4-8-20-25-19-10-9-16(23)12-18(19)21(27)26(20)24-13-15-6-5-7-17(11-15)30-14(2)22(28)29/h5-7,9-14H,3-4,8H2,1-2H3,(H,28,29)/t14-/m0/s1. The summed E-state index contributed by atoms with van der Waals surface area (Å²) >= 11 is 3.39. The van der Waals surface area contributed by atoms with Gasteiger partial charge in [0.25, 0.3) is 5.56 Å². The number of unbranched alkanes of at least 4 members (excludes halogenated alkanes) is 1. The van der Waals surface area contributed by atoms with Gasteiger partial charge in [-0.25, -0.2) is 9.78 Å². The minimum absolute atomic E-state index is 0.240. The minimum atomic E-state index is -1.05. The Labute approximate surface area is 182 Å². The Morgan fingerprint density at radius 2 is 2.13 bits per heavy atom. The molecule has 8 heteroatoms. The molecule has 0 aliphatic carbocycles. The van der Waals surface area contributed by atoms with E-state index in [1.807, 2.05) is 12.1 Å². The van der Waals surface area contributed by atoms with Crippen molar-refractivity contribution in [1.29, 1.82) is 0 Å². The monoisotopic (exact) mass is 471 g/mol. The van der Waals surface area contributed by atoms with Crippen molar-refractivity contribution in [3.05, 3.63) is 68.7 Å². The molecule has 1 N–H and O–H groups in total. The maximum Gasteiger partial charge on any atom is 0.344 e. The lowest BCUT2D eigenvalue weighted by molar-refractivity contribution is -0.144. The first-order valence-corrected chi connectivity index (χ1v) is 10.4. The van der Waals surface area contributed by atoms with Crippen LogP contribution in [-0.2, 0) is 11.2 Å². The SMILES string of the molecule is CCCCc1nc2ccc(Br)cc2c(=O)n1N=Cc1cccc(O[C@@H](C)C(=O)O)c1. The lowest BCUT2D eigenvalue weighted by Crippen LogP contribution is -2.23. The van der Waals surface area contributed by atoms with Crippen LogP contribution in [0.3, 0.4) is 0 Å². The number of hydrogen-bond acceptors (Lipinski definition) is 5. The second-order valence-corrected chi connectivity index (χ2v) is 7.74. The number of hydrogen-bond donors (Lipinski definition) is 1. The number of fused-ring (bicyclic) bond motifs is 1. The van der Waals surface area contributed by atoms with Gasteiger partial charge in [-0.2, -0.15) is 9.78 Å². The molecule has 0 radical (unpaired) electrons. The molecule has 0 aliphatic rings. The minimum Gasteiger partial charge on any atom is -0.479 e. The molecular weight excluding hydrogens is 450 g/mol. The van der Waals surface area contributed by atoms with Crippen LogP contribution in [-0.4, -0.2) is 33.1 Å². The van der Waals surface area contributed by atoms with Crippen LogP contribution in [0.4, 0.5) is 0 Å². The van der Waals surface area contributed by atoms with Gasteiger partial charge >= 0.3 is 5.97 Å². The third-order valence-electron chi connectivity index (χ3n) is 4.47. The van der Waals surface area contributed by atoms with Gasteiger partial charge in [0, 0.05) is 10.9 Å². The molecule has 0 aliphatic heterocycles. The van der Waals surface area contributed by atoms with Crippen molar-refractivity contribution in [2.75, 3.05) is 0 Å². The van der Waals surface area contributed by atoms with E-state index in [0.29, 0.717) is 34.5 Å². The number of nitrogens with zero attached hydrogens (tertiary/aromatic N) is 3. The second-order valence-electron chi connectivity index (χ2n) is 6.83. The van der Waals surface area contributed by atoms with Crippen LogP contribution >= 0.6 is 15.9 Å². The number of halogens is 1. The zero-order valence-corrected chi connectivity index (χ0v) is 18.3. The topological polar surface area (TPSA) is 93.8 Å². The van der Waals surface area contributed by atoms with Gasteiger partial charge in [-0.15, -0.1) is 0 Å². The van der Waals surface area contributed by atoms with Crippen molar-refractivity contribution in [3.8, 4) is 5.75 Å². The predicted molar refractivity (Wildman–Crippen MR) is 119 cm³/mol. The van der Waals surface area contributed by atoms with E-state index in [1.165, 1.54) is 11.6 Å². The van der Waals surface area contributed by atoms with Gasteiger partial charge in [0.05, 0.1) is 17.1 Å². The highest BCUT2D eigenvalue weighted by Gasteiger charge is 2.13.